The number of anilines is 2. The highest BCUT2D eigenvalue weighted by molar-refractivity contribution is 6.02. The molecule has 0 amide bonds. The first-order chi connectivity index (χ1) is 9.72. The molecular weight excluding hydrogens is 254 g/mol. The predicted octanol–water partition coefficient (Wildman–Crippen LogP) is 2.33. The maximum atomic E-state index is 11.4. The summed E-state index contributed by atoms with van der Waals surface area (Å²) in [6.07, 6.45) is 3.31. The smallest absolute Gasteiger partial charge is 0.326 e. The first-order valence-corrected chi connectivity index (χ1v) is 6.77. The molecule has 1 aromatic carbocycles. The summed E-state index contributed by atoms with van der Waals surface area (Å²) in [5.74, 6) is -0.0133. The van der Waals surface area contributed by atoms with Crippen molar-refractivity contribution in [1.82, 2.24) is 4.98 Å². The van der Waals surface area contributed by atoms with E-state index in [0.29, 0.717) is 6.42 Å². The summed E-state index contributed by atoms with van der Waals surface area (Å²) in [7, 11) is 1.87. The summed E-state index contributed by atoms with van der Waals surface area (Å²) in [5, 5.41) is 14.6. The lowest BCUT2D eigenvalue weighted by atomic mass is 10.1. The minimum Gasteiger partial charge on any atom is -0.480 e. The minimum absolute atomic E-state index is 0.474. The SMILES string of the molecule is CNc1cccc2ccnc(N3CCCC3C(=O)O)c12. The molecule has 104 valence electrons. The van der Waals surface area contributed by atoms with Crippen LogP contribution in [0.5, 0.6) is 0 Å². The van der Waals surface area contributed by atoms with Crippen LogP contribution in [0.4, 0.5) is 11.5 Å². The number of pyridine rings is 1. The van der Waals surface area contributed by atoms with Gasteiger partial charge in [0.05, 0.1) is 0 Å². The van der Waals surface area contributed by atoms with Crippen molar-refractivity contribution in [3.05, 3.63) is 30.5 Å². The molecule has 1 aliphatic rings. The van der Waals surface area contributed by atoms with Crippen molar-refractivity contribution in [1.29, 1.82) is 0 Å². The number of carboxylic acid groups (broad SMARTS) is 1. The van der Waals surface area contributed by atoms with Crippen LogP contribution in [0.3, 0.4) is 0 Å². The van der Waals surface area contributed by atoms with E-state index >= 15 is 0 Å². The average Bonchev–Trinajstić information content (AvgIpc) is 2.95. The number of benzene rings is 1. The van der Waals surface area contributed by atoms with Crippen molar-refractivity contribution in [2.45, 2.75) is 18.9 Å². The fraction of sp³-hybridized carbons (Fsp3) is 0.333. The van der Waals surface area contributed by atoms with Crippen molar-refractivity contribution in [3.63, 3.8) is 0 Å². The lowest BCUT2D eigenvalue weighted by Crippen LogP contribution is -2.36. The Balaban J connectivity index is 2.18. The van der Waals surface area contributed by atoms with Gasteiger partial charge in [0.15, 0.2) is 0 Å². The molecule has 5 nitrogen and oxygen atoms in total. The maximum absolute atomic E-state index is 11.4. The molecule has 0 radical (unpaired) electrons. The van der Waals surface area contributed by atoms with E-state index in [-0.39, 0.29) is 0 Å². The van der Waals surface area contributed by atoms with Crippen LogP contribution in [0.1, 0.15) is 12.8 Å². The van der Waals surface area contributed by atoms with Gasteiger partial charge in [-0.3, -0.25) is 0 Å². The number of hydrogen-bond donors (Lipinski definition) is 2. The highest BCUT2D eigenvalue weighted by Gasteiger charge is 2.32. The van der Waals surface area contributed by atoms with Crippen LogP contribution in [0, 0.1) is 0 Å². The Bertz CT molecular complexity index is 651. The van der Waals surface area contributed by atoms with Gasteiger partial charge in [0.25, 0.3) is 0 Å². The molecule has 0 saturated carbocycles. The molecule has 0 bridgehead atoms. The van der Waals surface area contributed by atoms with Crippen molar-refractivity contribution >= 4 is 28.2 Å². The Labute approximate surface area is 117 Å². The molecule has 2 aromatic rings. The first-order valence-electron chi connectivity index (χ1n) is 6.77. The quantitative estimate of drug-likeness (QED) is 0.897. The summed E-state index contributed by atoms with van der Waals surface area (Å²) in [5.41, 5.74) is 0.974. The number of aromatic nitrogens is 1. The van der Waals surface area contributed by atoms with Gasteiger partial charge >= 0.3 is 5.97 Å². The minimum atomic E-state index is -0.775. The molecule has 2 heterocycles. The molecule has 0 aliphatic carbocycles. The van der Waals surface area contributed by atoms with E-state index in [2.05, 4.69) is 10.3 Å². The van der Waals surface area contributed by atoms with Crippen molar-refractivity contribution in [3.8, 4) is 0 Å². The van der Waals surface area contributed by atoms with E-state index < -0.39 is 12.0 Å². The number of aliphatic carboxylic acids is 1. The molecule has 3 rings (SSSR count). The van der Waals surface area contributed by atoms with Gasteiger partial charge in [0, 0.05) is 30.9 Å². The number of carboxylic acids is 1. The van der Waals surface area contributed by atoms with Gasteiger partial charge in [-0.25, -0.2) is 9.78 Å². The number of fused-ring (bicyclic) bond motifs is 1. The standard InChI is InChI=1S/C15H17N3O2/c1-16-11-5-2-4-10-7-8-17-14(13(10)11)18-9-3-6-12(18)15(19)20/h2,4-5,7-8,12,16H,3,6,9H2,1H3,(H,19,20). The highest BCUT2D eigenvalue weighted by Crippen LogP contribution is 2.34. The number of carbonyl (C=O) groups is 1. The van der Waals surface area contributed by atoms with E-state index in [0.717, 1.165) is 35.2 Å². The average molecular weight is 271 g/mol. The highest BCUT2D eigenvalue weighted by atomic mass is 16.4. The second-order valence-corrected chi connectivity index (χ2v) is 4.98. The zero-order valence-corrected chi connectivity index (χ0v) is 11.3. The zero-order valence-electron chi connectivity index (χ0n) is 11.3. The van der Waals surface area contributed by atoms with E-state index in [9.17, 15) is 9.90 Å². The van der Waals surface area contributed by atoms with E-state index in [1.807, 2.05) is 36.2 Å². The lowest BCUT2D eigenvalue weighted by Gasteiger charge is -2.24. The Morgan fingerprint density at radius 2 is 2.30 bits per heavy atom. The van der Waals surface area contributed by atoms with Gasteiger partial charge in [0.1, 0.15) is 11.9 Å². The summed E-state index contributed by atoms with van der Waals surface area (Å²) in [6.45, 7) is 0.737. The molecular formula is C15H17N3O2. The molecule has 5 heteroatoms. The van der Waals surface area contributed by atoms with E-state index in [4.69, 9.17) is 0 Å². The molecule has 20 heavy (non-hydrogen) atoms. The molecule has 0 spiro atoms. The van der Waals surface area contributed by atoms with Gasteiger partial charge in [0.2, 0.25) is 0 Å². The second-order valence-electron chi connectivity index (χ2n) is 4.98. The normalized spacial score (nSPS) is 18.4. The fourth-order valence-electron chi connectivity index (χ4n) is 2.91. The zero-order chi connectivity index (χ0) is 14.1. The number of nitrogens with one attached hydrogen (secondary N) is 1. The number of hydrogen-bond acceptors (Lipinski definition) is 4. The molecule has 1 saturated heterocycles. The third-order valence-corrected chi connectivity index (χ3v) is 3.85. The molecule has 2 N–H and O–H groups in total. The summed E-state index contributed by atoms with van der Waals surface area (Å²) >= 11 is 0. The Kier molecular flexibility index (Phi) is 3.18. The van der Waals surface area contributed by atoms with Crippen LogP contribution >= 0.6 is 0 Å². The fourth-order valence-corrected chi connectivity index (χ4v) is 2.91. The van der Waals surface area contributed by atoms with Gasteiger partial charge < -0.3 is 15.3 Å². The molecule has 1 unspecified atom stereocenters. The van der Waals surface area contributed by atoms with E-state index in [1.54, 1.807) is 6.20 Å². The maximum Gasteiger partial charge on any atom is 0.326 e. The van der Waals surface area contributed by atoms with Crippen LogP contribution < -0.4 is 10.2 Å². The van der Waals surface area contributed by atoms with Crippen LogP contribution in [-0.2, 0) is 4.79 Å². The van der Waals surface area contributed by atoms with E-state index in [1.165, 1.54) is 0 Å². The Hall–Kier alpha value is -2.30. The lowest BCUT2D eigenvalue weighted by molar-refractivity contribution is -0.138. The molecule has 1 atom stereocenters. The van der Waals surface area contributed by atoms with Crippen molar-refractivity contribution in [2.75, 3.05) is 23.8 Å². The van der Waals surface area contributed by atoms with Crippen molar-refractivity contribution < 1.29 is 9.90 Å². The van der Waals surface area contributed by atoms with Gasteiger partial charge in [-0.2, -0.15) is 0 Å². The molecule has 1 aromatic heterocycles. The molecule has 1 aliphatic heterocycles. The van der Waals surface area contributed by atoms with Crippen LogP contribution in [0.2, 0.25) is 0 Å². The van der Waals surface area contributed by atoms with Crippen molar-refractivity contribution in [2.24, 2.45) is 0 Å². The monoisotopic (exact) mass is 271 g/mol. The van der Waals surface area contributed by atoms with Crippen LogP contribution in [-0.4, -0.2) is 35.7 Å². The third-order valence-electron chi connectivity index (χ3n) is 3.85. The topological polar surface area (TPSA) is 65.5 Å². The molecule has 1 fully saturated rings. The predicted molar refractivity (Wildman–Crippen MR) is 79.3 cm³/mol. The van der Waals surface area contributed by atoms with Crippen LogP contribution in [0.25, 0.3) is 10.8 Å². The largest absolute Gasteiger partial charge is 0.480 e. The Morgan fingerprint density at radius 1 is 1.45 bits per heavy atom. The summed E-state index contributed by atoms with van der Waals surface area (Å²) in [4.78, 5) is 17.8. The van der Waals surface area contributed by atoms with Gasteiger partial charge in [-0.15, -0.1) is 0 Å². The third kappa shape index (κ3) is 1.95. The number of rotatable bonds is 3. The van der Waals surface area contributed by atoms with Gasteiger partial charge in [-0.05, 0) is 30.4 Å². The number of nitrogens with zero attached hydrogens (tertiary/aromatic N) is 2. The second kappa shape index (κ2) is 5.00. The summed E-state index contributed by atoms with van der Waals surface area (Å²) < 4.78 is 0. The van der Waals surface area contributed by atoms with Crippen LogP contribution in [0.15, 0.2) is 30.5 Å². The first kappa shape index (κ1) is 12.7. The summed E-state index contributed by atoms with van der Waals surface area (Å²) in [6, 6.07) is 7.47. The van der Waals surface area contributed by atoms with Gasteiger partial charge in [-0.1, -0.05) is 12.1 Å². The Morgan fingerprint density at radius 3 is 3.05 bits per heavy atom.